The van der Waals surface area contributed by atoms with Gasteiger partial charge in [0, 0.05) is 30.8 Å². The van der Waals surface area contributed by atoms with E-state index >= 15 is 0 Å². The van der Waals surface area contributed by atoms with Gasteiger partial charge in [-0.2, -0.15) is 0 Å². The molecule has 0 saturated carbocycles. The van der Waals surface area contributed by atoms with E-state index in [-0.39, 0.29) is 5.43 Å². The summed E-state index contributed by atoms with van der Waals surface area (Å²) in [5, 5.41) is 8.09. The van der Waals surface area contributed by atoms with Crippen LogP contribution in [-0.4, -0.2) is 21.9 Å². The standard InChI is InChI=1S/C10H12N4O2S2/c1-14-4-8(16-2)7(15)3-6(14)5-17-10-13-12-9(11)18-10/h3-4H,5H2,1-2H3,(H2,11,12). The largest absolute Gasteiger partial charge is 0.491 e. The molecule has 0 fully saturated rings. The second-order valence-electron chi connectivity index (χ2n) is 3.50. The van der Waals surface area contributed by atoms with Gasteiger partial charge in [-0.05, 0) is 0 Å². The number of nitrogens with zero attached hydrogens (tertiary/aromatic N) is 3. The molecule has 0 bridgehead atoms. The smallest absolute Gasteiger partial charge is 0.223 e. The van der Waals surface area contributed by atoms with Crippen LogP contribution in [0.4, 0.5) is 5.13 Å². The van der Waals surface area contributed by atoms with Crippen molar-refractivity contribution in [3.05, 3.63) is 28.2 Å². The zero-order chi connectivity index (χ0) is 13.1. The quantitative estimate of drug-likeness (QED) is 0.847. The van der Waals surface area contributed by atoms with E-state index in [4.69, 9.17) is 10.5 Å². The Morgan fingerprint density at radius 1 is 1.56 bits per heavy atom. The Balaban J connectivity index is 2.14. The first-order valence-corrected chi connectivity index (χ1v) is 6.85. The van der Waals surface area contributed by atoms with Gasteiger partial charge in [0.25, 0.3) is 0 Å². The number of ether oxygens (including phenoxy) is 1. The van der Waals surface area contributed by atoms with E-state index in [1.807, 2.05) is 11.6 Å². The lowest BCUT2D eigenvalue weighted by molar-refractivity contribution is 0.406. The Morgan fingerprint density at radius 2 is 2.33 bits per heavy atom. The molecule has 8 heteroatoms. The molecule has 0 aromatic carbocycles. The molecule has 0 atom stereocenters. The van der Waals surface area contributed by atoms with Gasteiger partial charge >= 0.3 is 0 Å². The topological polar surface area (TPSA) is 83.0 Å². The minimum Gasteiger partial charge on any atom is -0.491 e. The summed E-state index contributed by atoms with van der Waals surface area (Å²) in [5.74, 6) is 0.969. The van der Waals surface area contributed by atoms with Crippen molar-refractivity contribution >= 4 is 28.2 Å². The fourth-order valence-electron chi connectivity index (χ4n) is 1.36. The monoisotopic (exact) mass is 284 g/mol. The lowest BCUT2D eigenvalue weighted by atomic mass is 10.3. The second-order valence-corrected chi connectivity index (χ2v) is 5.73. The summed E-state index contributed by atoms with van der Waals surface area (Å²) in [7, 11) is 3.35. The SMILES string of the molecule is COc1cn(C)c(CSc2nnc(N)s2)cc1=O. The molecule has 0 unspecified atom stereocenters. The van der Waals surface area contributed by atoms with Gasteiger partial charge in [0.2, 0.25) is 10.6 Å². The molecule has 0 aliphatic carbocycles. The fourth-order valence-corrected chi connectivity index (χ4v) is 3.03. The maximum absolute atomic E-state index is 11.6. The van der Waals surface area contributed by atoms with Gasteiger partial charge in [-0.3, -0.25) is 4.79 Å². The Bertz CT molecular complexity index is 608. The van der Waals surface area contributed by atoms with E-state index < -0.39 is 0 Å². The summed E-state index contributed by atoms with van der Waals surface area (Å²) >= 11 is 2.83. The molecule has 0 radical (unpaired) electrons. The summed E-state index contributed by atoms with van der Waals surface area (Å²) in [6.07, 6.45) is 1.67. The number of nitrogens with two attached hydrogens (primary N) is 1. The summed E-state index contributed by atoms with van der Waals surface area (Å²) in [6.45, 7) is 0. The number of hydrogen-bond donors (Lipinski definition) is 1. The number of rotatable bonds is 4. The molecular weight excluding hydrogens is 272 g/mol. The fraction of sp³-hybridized carbons (Fsp3) is 0.300. The molecule has 18 heavy (non-hydrogen) atoms. The van der Waals surface area contributed by atoms with Crippen molar-refractivity contribution in [2.45, 2.75) is 10.1 Å². The average Bonchev–Trinajstić information content (AvgIpc) is 2.75. The molecule has 96 valence electrons. The number of pyridine rings is 1. The minimum absolute atomic E-state index is 0.122. The van der Waals surface area contributed by atoms with Gasteiger partial charge < -0.3 is 15.0 Å². The molecule has 0 aliphatic rings. The Labute approximate surface area is 112 Å². The van der Waals surface area contributed by atoms with Crippen LogP contribution in [0.5, 0.6) is 5.75 Å². The first-order chi connectivity index (χ1) is 8.60. The normalized spacial score (nSPS) is 10.6. The molecule has 0 saturated heterocycles. The molecule has 2 aromatic heterocycles. The number of thioether (sulfide) groups is 1. The van der Waals surface area contributed by atoms with E-state index in [0.717, 1.165) is 10.0 Å². The van der Waals surface area contributed by atoms with E-state index in [9.17, 15) is 4.79 Å². The molecule has 0 amide bonds. The van der Waals surface area contributed by atoms with Crippen molar-refractivity contribution in [3.8, 4) is 5.75 Å². The summed E-state index contributed by atoms with van der Waals surface area (Å²) < 4.78 is 7.62. The second kappa shape index (κ2) is 5.40. The number of aromatic nitrogens is 3. The van der Waals surface area contributed by atoms with E-state index in [2.05, 4.69) is 10.2 Å². The van der Waals surface area contributed by atoms with E-state index in [0.29, 0.717) is 16.6 Å². The van der Waals surface area contributed by atoms with Gasteiger partial charge in [0.15, 0.2) is 10.1 Å². The molecule has 2 N–H and O–H groups in total. The number of methoxy groups -OCH3 is 1. The van der Waals surface area contributed by atoms with Gasteiger partial charge in [-0.25, -0.2) is 0 Å². The van der Waals surface area contributed by atoms with Crippen LogP contribution in [0, 0.1) is 0 Å². The molecular formula is C10H12N4O2S2. The zero-order valence-electron chi connectivity index (χ0n) is 9.91. The van der Waals surface area contributed by atoms with Crippen molar-refractivity contribution in [1.82, 2.24) is 14.8 Å². The van der Waals surface area contributed by atoms with Gasteiger partial charge in [-0.1, -0.05) is 23.1 Å². The predicted molar refractivity (Wildman–Crippen MR) is 72.1 cm³/mol. The van der Waals surface area contributed by atoms with Crippen LogP contribution in [0.1, 0.15) is 5.69 Å². The maximum Gasteiger partial charge on any atom is 0.223 e. The van der Waals surface area contributed by atoms with E-state index in [1.54, 1.807) is 12.3 Å². The van der Waals surface area contributed by atoms with Crippen LogP contribution in [0.25, 0.3) is 0 Å². The average molecular weight is 284 g/mol. The van der Waals surface area contributed by atoms with Crippen LogP contribution >= 0.6 is 23.1 Å². The summed E-state index contributed by atoms with van der Waals surface area (Å²) in [6, 6.07) is 1.57. The number of anilines is 1. The third-order valence-corrected chi connectivity index (χ3v) is 4.21. The highest BCUT2D eigenvalue weighted by Crippen LogP contribution is 2.26. The van der Waals surface area contributed by atoms with Crippen molar-refractivity contribution in [2.24, 2.45) is 7.05 Å². The van der Waals surface area contributed by atoms with Crippen molar-refractivity contribution in [1.29, 1.82) is 0 Å². The van der Waals surface area contributed by atoms with Crippen LogP contribution in [-0.2, 0) is 12.8 Å². The third-order valence-electron chi connectivity index (χ3n) is 2.29. The first-order valence-electron chi connectivity index (χ1n) is 5.05. The predicted octanol–water partition coefficient (Wildman–Crippen LogP) is 1.12. The van der Waals surface area contributed by atoms with Crippen molar-refractivity contribution < 1.29 is 4.74 Å². The molecule has 2 rings (SSSR count). The molecule has 2 aromatic rings. The number of aryl methyl sites for hydroxylation is 1. The summed E-state index contributed by atoms with van der Waals surface area (Å²) in [4.78, 5) is 11.6. The highest BCUT2D eigenvalue weighted by Gasteiger charge is 2.07. The number of hydrogen-bond acceptors (Lipinski definition) is 7. The molecule has 2 heterocycles. The highest BCUT2D eigenvalue weighted by atomic mass is 32.2. The number of nitrogen functional groups attached to an aromatic ring is 1. The zero-order valence-corrected chi connectivity index (χ0v) is 11.5. The summed E-state index contributed by atoms with van der Waals surface area (Å²) in [5.41, 5.74) is 6.27. The van der Waals surface area contributed by atoms with Gasteiger partial charge in [0.05, 0.1) is 7.11 Å². The first kappa shape index (κ1) is 12.9. The van der Waals surface area contributed by atoms with E-state index in [1.165, 1.54) is 30.2 Å². The van der Waals surface area contributed by atoms with Crippen LogP contribution in [0.2, 0.25) is 0 Å². The molecule has 0 aliphatic heterocycles. The highest BCUT2D eigenvalue weighted by molar-refractivity contribution is 8.00. The van der Waals surface area contributed by atoms with Crippen LogP contribution < -0.4 is 15.9 Å². The third kappa shape index (κ3) is 2.82. The van der Waals surface area contributed by atoms with Crippen LogP contribution in [0.15, 0.2) is 21.4 Å². The van der Waals surface area contributed by atoms with Crippen molar-refractivity contribution in [2.75, 3.05) is 12.8 Å². The van der Waals surface area contributed by atoms with Crippen LogP contribution in [0.3, 0.4) is 0 Å². The molecule has 6 nitrogen and oxygen atoms in total. The minimum atomic E-state index is -0.122. The Morgan fingerprint density at radius 3 is 2.94 bits per heavy atom. The lowest BCUT2D eigenvalue weighted by Crippen LogP contribution is -2.11. The van der Waals surface area contributed by atoms with Crippen molar-refractivity contribution in [3.63, 3.8) is 0 Å². The lowest BCUT2D eigenvalue weighted by Gasteiger charge is -2.08. The molecule has 0 spiro atoms. The van der Waals surface area contributed by atoms with Gasteiger partial charge in [0.1, 0.15) is 0 Å². The Kier molecular flexibility index (Phi) is 3.87. The maximum atomic E-state index is 11.6. The van der Waals surface area contributed by atoms with Gasteiger partial charge in [-0.15, -0.1) is 10.2 Å². The Hall–Kier alpha value is -1.54.